The Morgan fingerprint density at radius 2 is 2.21 bits per heavy atom. The molecule has 0 bridgehead atoms. The van der Waals surface area contributed by atoms with E-state index in [1.807, 2.05) is 12.1 Å². The van der Waals surface area contributed by atoms with Gasteiger partial charge in [0.05, 0.1) is 0 Å². The van der Waals surface area contributed by atoms with E-state index in [1.54, 1.807) is 6.20 Å². The summed E-state index contributed by atoms with van der Waals surface area (Å²) in [5.74, 6) is 0. The molecule has 0 aromatic carbocycles. The fraction of sp³-hybridized carbons (Fsp3) is 0.545. The summed E-state index contributed by atoms with van der Waals surface area (Å²) in [6.07, 6.45) is 3.97. The van der Waals surface area contributed by atoms with E-state index in [-0.39, 0.29) is 0 Å². The second-order valence-corrected chi connectivity index (χ2v) is 4.23. The van der Waals surface area contributed by atoms with Gasteiger partial charge in [0.2, 0.25) is 0 Å². The Bertz CT molecular complexity index is 286. The molecule has 0 spiro atoms. The number of hydrogen-bond acceptors (Lipinski definition) is 2. The van der Waals surface area contributed by atoms with Crippen LogP contribution in [-0.2, 0) is 6.42 Å². The third kappa shape index (κ3) is 3.64. The Kier molecular flexibility index (Phi) is 4.36. The normalized spacial score (nSPS) is 13.2. The molecular formula is C11H17ClN2. The fourth-order valence-corrected chi connectivity index (χ4v) is 1.43. The van der Waals surface area contributed by atoms with Crippen LogP contribution in [0.2, 0.25) is 5.15 Å². The first-order valence-electron chi connectivity index (χ1n) is 4.86. The van der Waals surface area contributed by atoms with E-state index >= 15 is 0 Å². The minimum absolute atomic E-state index is 0.583. The van der Waals surface area contributed by atoms with Crippen LogP contribution in [0.5, 0.6) is 0 Å². The van der Waals surface area contributed by atoms with E-state index in [9.17, 15) is 0 Å². The Morgan fingerprint density at radius 3 is 2.79 bits per heavy atom. The number of nitrogens with zero attached hydrogens (tertiary/aromatic N) is 2. The lowest BCUT2D eigenvalue weighted by Crippen LogP contribution is -2.24. The molecule has 3 heteroatoms. The molecular weight excluding hydrogens is 196 g/mol. The highest BCUT2D eigenvalue weighted by molar-refractivity contribution is 6.29. The van der Waals surface area contributed by atoms with Crippen molar-refractivity contribution >= 4 is 11.6 Å². The molecule has 0 fully saturated rings. The van der Waals surface area contributed by atoms with Crippen molar-refractivity contribution in [3.8, 4) is 0 Å². The Hall–Kier alpha value is -0.600. The maximum atomic E-state index is 5.80. The van der Waals surface area contributed by atoms with Gasteiger partial charge in [-0.3, -0.25) is 0 Å². The highest BCUT2D eigenvalue weighted by Gasteiger charge is 2.04. The van der Waals surface area contributed by atoms with Crippen LogP contribution < -0.4 is 0 Å². The van der Waals surface area contributed by atoms with Gasteiger partial charge in [-0.15, -0.1) is 0 Å². The summed E-state index contributed by atoms with van der Waals surface area (Å²) in [6, 6.07) is 4.56. The van der Waals surface area contributed by atoms with Crippen molar-refractivity contribution in [2.24, 2.45) is 0 Å². The average molecular weight is 213 g/mol. The van der Waals surface area contributed by atoms with Crippen LogP contribution in [0.15, 0.2) is 18.3 Å². The molecule has 78 valence electrons. The minimum Gasteiger partial charge on any atom is -0.307 e. The molecule has 0 saturated carbocycles. The molecule has 0 saturated heterocycles. The van der Waals surface area contributed by atoms with Gasteiger partial charge in [0, 0.05) is 12.2 Å². The van der Waals surface area contributed by atoms with Gasteiger partial charge in [0.25, 0.3) is 0 Å². The van der Waals surface area contributed by atoms with Crippen molar-refractivity contribution in [1.82, 2.24) is 9.88 Å². The predicted octanol–water partition coefficient (Wildman–Crippen LogP) is 2.62. The number of hydrogen-bond donors (Lipinski definition) is 0. The second-order valence-electron chi connectivity index (χ2n) is 3.84. The maximum Gasteiger partial charge on any atom is 0.129 e. The zero-order chi connectivity index (χ0) is 10.6. The van der Waals surface area contributed by atoms with Gasteiger partial charge >= 0.3 is 0 Å². The molecule has 2 nitrogen and oxygen atoms in total. The Balaban J connectivity index is 2.45. The number of pyridine rings is 1. The van der Waals surface area contributed by atoms with Gasteiger partial charge in [-0.2, -0.15) is 0 Å². The van der Waals surface area contributed by atoms with Crippen LogP contribution in [0, 0.1) is 0 Å². The lowest BCUT2D eigenvalue weighted by atomic mass is 10.1. The Morgan fingerprint density at radius 1 is 1.50 bits per heavy atom. The lowest BCUT2D eigenvalue weighted by Gasteiger charge is -2.19. The van der Waals surface area contributed by atoms with Crippen molar-refractivity contribution in [3.05, 3.63) is 29.0 Å². The number of aryl methyl sites for hydroxylation is 1. The molecule has 0 aliphatic rings. The Labute approximate surface area is 90.9 Å². The smallest absolute Gasteiger partial charge is 0.129 e. The molecule has 1 heterocycles. The zero-order valence-corrected chi connectivity index (χ0v) is 9.75. The number of aromatic nitrogens is 1. The SMILES string of the molecule is CC(CCc1ccnc(Cl)c1)N(C)C. The molecule has 0 radical (unpaired) electrons. The van der Waals surface area contributed by atoms with Crippen molar-refractivity contribution < 1.29 is 0 Å². The van der Waals surface area contributed by atoms with Crippen LogP contribution in [0.4, 0.5) is 0 Å². The van der Waals surface area contributed by atoms with E-state index in [0.717, 1.165) is 12.8 Å². The van der Waals surface area contributed by atoms with Gasteiger partial charge in [0.1, 0.15) is 5.15 Å². The van der Waals surface area contributed by atoms with Crippen LogP contribution in [0.25, 0.3) is 0 Å². The largest absolute Gasteiger partial charge is 0.307 e. The van der Waals surface area contributed by atoms with E-state index in [4.69, 9.17) is 11.6 Å². The van der Waals surface area contributed by atoms with Crippen molar-refractivity contribution in [1.29, 1.82) is 0 Å². The van der Waals surface area contributed by atoms with Crippen LogP contribution in [0.3, 0.4) is 0 Å². The van der Waals surface area contributed by atoms with Gasteiger partial charge in [-0.1, -0.05) is 11.6 Å². The summed E-state index contributed by atoms with van der Waals surface area (Å²) in [5.41, 5.74) is 1.26. The standard InChI is InChI=1S/C11H17ClN2/c1-9(14(2)3)4-5-10-6-7-13-11(12)8-10/h6-9H,4-5H2,1-3H3. The van der Waals surface area contributed by atoms with Gasteiger partial charge in [-0.25, -0.2) is 4.98 Å². The minimum atomic E-state index is 0.583. The van der Waals surface area contributed by atoms with E-state index in [2.05, 4.69) is 30.9 Å². The topological polar surface area (TPSA) is 16.1 Å². The molecule has 0 aliphatic heterocycles. The zero-order valence-electron chi connectivity index (χ0n) is 9.00. The first-order chi connectivity index (χ1) is 6.59. The molecule has 0 amide bonds. The third-order valence-corrected chi connectivity index (χ3v) is 2.73. The van der Waals surface area contributed by atoms with E-state index in [1.165, 1.54) is 5.56 Å². The molecule has 1 unspecified atom stereocenters. The molecule has 1 atom stereocenters. The summed E-state index contributed by atoms with van der Waals surface area (Å²) in [5, 5.41) is 0.583. The molecule has 0 N–H and O–H groups in total. The number of halogens is 1. The summed E-state index contributed by atoms with van der Waals surface area (Å²) >= 11 is 5.80. The average Bonchev–Trinajstić information content (AvgIpc) is 2.14. The van der Waals surface area contributed by atoms with Crippen molar-refractivity contribution in [3.63, 3.8) is 0 Å². The van der Waals surface area contributed by atoms with Gasteiger partial charge in [-0.05, 0) is 51.6 Å². The maximum absolute atomic E-state index is 5.80. The highest BCUT2D eigenvalue weighted by Crippen LogP contribution is 2.11. The molecule has 1 aromatic heterocycles. The molecule has 14 heavy (non-hydrogen) atoms. The van der Waals surface area contributed by atoms with Crippen molar-refractivity contribution in [2.75, 3.05) is 14.1 Å². The highest BCUT2D eigenvalue weighted by atomic mass is 35.5. The van der Waals surface area contributed by atoms with Crippen molar-refractivity contribution in [2.45, 2.75) is 25.8 Å². The summed E-state index contributed by atoms with van der Waals surface area (Å²) < 4.78 is 0. The van der Waals surface area contributed by atoms with E-state index in [0.29, 0.717) is 11.2 Å². The first kappa shape index (κ1) is 11.5. The van der Waals surface area contributed by atoms with Crippen LogP contribution in [0.1, 0.15) is 18.9 Å². The predicted molar refractivity (Wildman–Crippen MR) is 60.7 cm³/mol. The third-order valence-electron chi connectivity index (χ3n) is 2.52. The summed E-state index contributed by atoms with van der Waals surface area (Å²) in [4.78, 5) is 6.18. The van der Waals surface area contributed by atoms with Crippen LogP contribution >= 0.6 is 11.6 Å². The molecule has 0 aliphatic carbocycles. The van der Waals surface area contributed by atoms with Gasteiger partial charge in [0.15, 0.2) is 0 Å². The molecule has 1 aromatic rings. The number of rotatable bonds is 4. The quantitative estimate of drug-likeness (QED) is 0.714. The summed E-state index contributed by atoms with van der Waals surface area (Å²) in [7, 11) is 4.20. The summed E-state index contributed by atoms with van der Waals surface area (Å²) in [6.45, 7) is 2.22. The van der Waals surface area contributed by atoms with E-state index < -0.39 is 0 Å². The molecule has 1 rings (SSSR count). The van der Waals surface area contributed by atoms with Crippen LogP contribution in [-0.4, -0.2) is 30.0 Å². The second kappa shape index (κ2) is 5.32. The van der Waals surface area contributed by atoms with Gasteiger partial charge < -0.3 is 4.90 Å². The first-order valence-corrected chi connectivity index (χ1v) is 5.24. The monoisotopic (exact) mass is 212 g/mol. The lowest BCUT2D eigenvalue weighted by molar-refractivity contribution is 0.299. The fourth-order valence-electron chi connectivity index (χ4n) is 1.23.